The molecule has 2 saturated heterocycles. The van der Waals surface area contributed by atoms with Crippen LogP contribution < -0.4 is 9.96 Å². The number of rotatable bonds is 3. The van der Waals surface area contributed by atoms with Gasteiger partial charge in [0.1, 0.15) is 12.0 Å². The fourth-order valence-corrected chi connectivity index (χ4v) is 5.09. The van der Waals surface area contributed by atoms with Gasteiger partial charge in [-0.2, -0.15) is 0 Å². The number of para-hydroxylation sites is 1. The molecule has 0 saturated carbocycles. The summed E-state index contributed by atoms with van der Waals surface area (Å²) in [4.78, 5) is 35.0. The molecule has 3 aromatic rings. The van der Waals surface area contributed by atoms with Crippen molar-refractivity contribution in [2.75, 3.05) is 9.96 Å². The highest BCUT2D eigenvalue weighted by molar-refractivity contribution is 7.10. The number of hydrogen-bond donors (Lipinski definition) is 0. The van der Waals surface area contributed by atoms with Crippen LogP contribution in [0.3, 0.4) is 0 Å². The van der Waals surface area contributed by atoms with E-state index in [2.05, 4.69) is 0 Å². The number of amides is 2. The van der Waals surface area contributed by atoms with E-state index in [0.29, 0.717) is 10.7 Å². The summed E-state index contributed by atoms with van der Waals surface area (Å²) in [5, 5.41) is 4.17. The van der Waals surface area contributed by atoms with Crippen molar-refractivity contribution >= 4 is 46.1 Å². The van der Waals surface area contributed by atoms with Gasteiger partial charge >= 0.3 is 0 Å². The van der Waals surface area contributed by atoms with E-state index < -0.39 is 12.0 Å². The summed E-state index contributed by atoms with van der Waals surface area (Å²) >= 11 is 7.63. The van der Waals surface area contributed by atoms with Crippen molar-refractivity contribution in [3.05, 3.63) is 81.5 Å². The van der Waals surface area contributed by atoms with Gasteiger partial charge in [0.2, 0.25) is 5.91 Å². The van der Waals surface area contributed by atoms with Crippen LogP contribution in [0.1, 0.15) is 16.5 Å². The van der Waals surface area contributed by atoms with Gasteiger partial charge in [0.05, 0.1) is 11.4 Å². The van der Waals surface area contributed by atoms with Gasteiger partial charge in [-0.25, -0.2) is 9.96 Å². The van der Waals surface area contributed by atoms with Crippen LogP contribution >= 0.6 is 22.9 Å². The van der Waals surface area contributed by atoms with Crippen molar-refractivity contribution in [2.45, 2.75) is 19.1 Å². The number of thiophene rings is 1. The lowest BCUT2D eigenvalue weighted by Crippen LogP contribution is -2.37. The molecule has 7 heteroatoms. The smallest absolute Gasteiger partial charge is 0.266 e. The quantitative estimate of drug-likeness (QED) is 0.569. The van der Waals surface area contributed by atoms with Crippen LogP contribution in [0.4, 0.5) is 11.4 Å². The van der Waals surface area contributed by atoms with Crippen molar-refractivity contribution in [1.82, 2.24) is 0 Å². The minimum Gasteiger partial charge on any atom is -0.273 e. The van der Waals surface area contributed by atoms with Crippen LogP contribution in [0.25, 0.3) is 0 Å². The maximum absolute atomic E-state index is 13.4. The van der Waals surface area contributed by atoms with E-state index in [0.717, 1.165) is 16.1 Å². The number of carbonyl (C=O) groups is 2. The number of hydroxylamine groups is 1. The van der Waals surface area contributed by atoms with Crippen LogP contribution in [-0.4, -0.2) is 17.9 Å². The highest BCUT2D eigenvalue weighted by Gasteiger charge is 2.60. The van der Waals surface area contributed by atoms with Crippen LogP contribution in [-0.2, 0) is 14.4 Å². The predicted molar refractivity (Wildman–Crippen MR) is 113 cm³/mol. The first-order valence-electron chi connectivity index (χ1n) is 9.24. The molecule has 146 valence electrons. The van der Waals surface area contributed by atoms with Crippen molar-refractivity contribution in [3.8, 4) is 0 Å². The van der Waals surface area contributed by atoms with Gasteiger partial charge < -0.3 is 0 Å². The Balaban J connectivity index is 1.59. The molecular formula is C22H17ClN2O3S. The Bertz CT molecular complexity index is 1100. The Hall–Kier alpha value is -2.67. The number of hydrogen-bond acceptors (Lipinski definition) is 5. The normalized spacial score (nSPS) is 23.7. The largest absolute Gasteiger partial charge is 0.273 e. The van der Waals surface area contributed by atoms with Crippen LogP contribution in [0, 0.1) is 12.8 Å². The lowest BCUT2D eigenvalue weighted by atomic mass is 9.95. The van der Waals surface area contributed by atoms with Crippen molar-refractivity contribution in [2.24, 2.45) is 5.92 Å². The fourth-order valence-electron chi connectivity index (χ4n) is 4.05. The van der Waals surface area contributed by atoms with Gasteiger partial charge in [-0.3, -0.25) is 14.4 Å². The second-order valence-corrected chi connectivity index (χ2v) is 8.53. The molecule has 29 heavy (non-hydrogen) atoms. The average molecular weight is 425 g/mol. The molecule has 0 N–H and O–H groups in total. The molecule has 2 fully saturated rings. The molecule has 3 atom stereocenters. The van der Waals surface area contributed by atoms with Gasteiger partial charge in [0.15, 0.2) is 6.10 Å². The van der Waals surface area contributed by atoms with E-state index >= 15 is 0 Å². The summed E-state index contributed by atoms with van der Waals surface area (Å²) in [6.45, 7) is 1.99. The van der Waals surface area contributed by atoms with Crippen molar-refractivity contribution in [1.29, 1.82) is 0 Å². The first-order chi connectivity index (χ1) is 14.1. The standard InChI is InChI=1S/C22H17ClN2O3S/c1-13-6-2-3-9-16(13)25-19(17-10-5-11-29-17)18-20(28-25)22(27)24(21(18)26)15-8-4-7-14(23)12-15/h2-12,18-20H,1H3/t18-,19+,20-/m1/s1. The molecule has 0 unspecified atom stereocenters. The topological polar surface area (TPSA) is 49.9 Å². The second-order valence-electron chi connectivity index (χ2n) is 7.12. The molecule has 1 aromatic heterocycles. The molecule has 0 aliphatic carbocycles. The van der Waals surface area contributed by atoms with Crippen LogP contribution in [0.2, 0.25) is 5.02 Å². The number of fused-ring (bicyclic) bond motifs is 1. The summed E-state index contributed by atoms with van der Waals surface area (Å²) in [6, 6.07) is 18.1. The molecule has 2 aliphatic rings. The highest BCUT2D eigenvalue weighted by atomic mass is 35.5. The number of aryl methyl sites for hydroxylation is 1. The number of imide groups is 1. The fraction of sp³-hybridized carbons (Fsp3) is 0.182. The van der Waals surface area contributed by atoms with E-state index in [1.165, 1.54) is 4.90 Å². The SMILES string of the molecule is Cc1ccccc1N1O[C@H]2C(=O)N(c3cccc(Cl)c3)C(=O)[C@@H]2[C@@H]1c1cccs1. The zero-order valence-electron chi connectivity index (χ0n) is 15.5. The van der Waals surface area contributed by atoms with E-state index in [1.807, 2.05) is 48.7 Å². The maximum atomic E-state index is 13.4. The van der Waals surface area contributed by atoms with Crippen LogP contribution in [0.15, 0.2) is 66.0 Å². The zero-order valence-corrected chi connectivity index (χ0v) is 17.1. The summed E-state index contributed by atoms with van der Waals surface area (Å²) in [5.74, 6) is -1.25. The molecule has 0 bridgehead atoms. The first-order valence-corrected chi connectivity index (χ1v) is 10.5. The van der Waals surface area contributed by atoms with Gasteiger partial charge in [-0.05, 0) is 48.2 Å². The molecule has 3 heterocycles. The van der Waals surface area contributed by atoms with E-state index in [-0.39, 0.29) is 17.9 Å². The zero-order chi connectivity index (χ0) is 20.1. The second kappa shape index (κ2) is 6.99. The van der Waals surface area contributed by atoms with E-state index in [4.69, 9.17) is 16.4 Å². The molecule has 2 aliphatic heterocycles. The summed E-state index contributed by atoms with van der Waals surface area (Å²) in [5.41, 5.74) is 2.34. The Morgan fingerprint density at radius 2 is 1.83 bits per heavy atom. The Kier molecular flexibility index (Phi) is 4.42. The van der Waals surface area contributed by atoms with Gasteiger partial charge in [0.25, 0.3) is 5.91 Å². The molecule has 2 aromatic carbocycles. The minimum absolute atomic E-state index is 0.267. The monoisotopic (exact) mass is 424 g/mol. The predicted octanol–water partition coefficient (Wildman–Crippen LogP) is 4.76. The number of nitrogens with zero attached hydrogens (tertiary/aromatic N) is 2. The summed E-state index contributed by atoms with van der Waals surface area (Å²) in [6.07, 6.45) is -0.867. The molecule has 5 rings (SSSR count). The van der Waals surface area contributed by atoms with Gasteiger partial charge in [-0.15, -0.1) is 11.3 Å². The number of benzene rings is 2. The average Bonchev–Trinajstić information content (AvgIpc) is 3.40. The number of carbonyl (C=O) groups excluding carboxylic acids is 2. The minimum atomic E-state index is -0.867. The van der Waals surface area contributed by atoms with Gasteiger partial charge in [-0.1, -0.05) is 41.9 Å². The van der Waals surface area contributed by atoms with Crippen molar-refractivity contribution < 1.29 is 14.4 Å². The Labute approximate surface area is 177 Å². The third-order valence-electron chi connectivity index (χ3n) is 5.37. The Morgan fingerprint density at radius 1 is 1.00 bits per heavy atom. The van der Waals surface area contributed by atoms with Gasteiger partial charge in [0, 0.05) is 9.90 Å². The first kappa shape index (κ1) is 18.4. The Morgan fingerprint density at radius 3 is 2.55 bits per heavy atom. The van der Waals surface area contributed by atoms with E-state index in [9.17, 15) is 9.59 Å². The lowest BCUT2D eigenvalue weighted by molar-refractivity contribution is -0.126. The third-order valence-corrected chi connectivity index (χ3v) is 6.55. The maximum Gasteiger partial charge on any atom is 0.266 e. The van der Waals surface area contributed by atoms with E-state index in [1.54, 1.807) is 40.7 Å². The lowest BCUT2D eigenvalue weighted by Gasteiger charge is -2.28. The third kappa shape index (κ3) is 2.87. The summed E-state index contributed by atoms with van der Waals surface area (Å²) < 4.78 is 0. The molecule has 0 radical (unpaired) electrons. The summed E-state index contributed by atoms with van der Waals surface area (Å²) in [7, 11) is 0. The number of anilines is 2. The number of halogens is 1. The van der Waals surface area contributed by atoms with Crippen LogP contribution in [0.5, 0.6) is 0 Å². The highest BCUT2D eigenvalue weighted by Crippen LogP contribution is 2.49. The molecule has 2 amide bonds. The molecule has 0 spiro atoms. The molecular weight excluding hydrogens is 408 g/mol. The molecule has 5 nitrogen and oxygen atoms in total. The van der Waals surface area contributed by atoms with Crippen molar-refractivity contribution in [3.63, 3.8) is 0 Å².